The molecular weight excluding hydrogens is 440 g/mol. The number of nitrogens with one attached hydrogen (secondary N) is 1. The highest BCUT2D eigenvalue weighted by Crippen LogP contribution is 2.37. The number of carbonyl (C=O) groups is 1. The van der Waals surface area contributed by atoms with Crippen LogP contribution in [0.25, 0.3) is 11.3 Å². The average Bonchev–Trinajstić information content (AvgIpc) is 3.19. The van der Waals surface area contributed by atoms with Crippen molar-refractivity contribution in [3.8, 4) is 29.1 Å². The number of thioether (sulfide) groups is 1. The molecule has 6 nitrogen and oxygen atoms in total. The lowest BCUT2D eigenvalue weighted by molar-refractivity contribution is -0.113. The number of rotatable bonds is 6. The number of aryl methyl sites for hydroxylation is 1. The van der Waals surface area contributed by atoms with Crippen LogP contribution in [0.2, 0.25) is 0 Å². The summed E-state index contributed by atoms with van der Waals surface area (Å²) in [6.45, 7) is 0. The molecule has 2 heterocycles. The number of fused-ring (bicyclic) bond motifs is 1. The van der Waals surface area contributed by atoms with Crippen LogP contribution in [0.1, 0.15) is 34.4 Å². The first-order chi connectivity index (χ1) is 15.6. The summed E-state index contributed by atoms with van der Waals surface area (Å²) in [6, 6.07) is 15.4. The van der Waals surface area contributed by atoms with Crippen LogP contribution in [0.5, 0.6) is 5.75 Å². The number of ether oxygens (including phenoxy) is 1. The van der Waals surface area contributed by atoms with Crippen LogP contribution in [0, 0.1) is 22.7 Å². The number of nitriles is 2. The molecule has 1 aliphatic rings. The van der Waals surface area contributed by atoms with Gasteiger partial charge in [0, 0.05) is 10.4 Å². The molecular formula is C24H20N4O2S2. The molecule has 3 aromatic rings. The lowest BCUT2D eigenvalue weighted by atomic mass is 9.96. The van der Waals surface area contributed by atoms with Gasteiger partial charge >= 0.3 is 0 Å². The van der Waals surface area contributed by atoms with E-state index in [1.807, 2.05) is 24.3 Å². The number of hydrogen-bond acceptors (Lipinski definition) is 7. The Morgan fingerprint density at radius 1 is 1.16 bits per heavy atom. The molecule has 0 atom stereocenters. The Hall–Kier alpha value is -3.33. The second kappa shape index (κ2) is 9.86. The van der Waals surface area contributed by atoms with E-state index in [0.29, 0.717) is 26.8 Å². The summed E-state index contributed by atoms with van der Waals surface area (Å²) in [5, 5.41) is 23.1. The standard InChI is InChI=1S/C24H20N4O2S2/c1-30-17-9-6-15(7-10-17)20-11-8-16(12-25)23(27-20)31-14-22(29)28-24-19(13-26)18-4-2-3-5-21(18)32-24/h6-11H,2-5,14H2,1H3,(H,28,29). The van der Waals surface area contributed by atoms with Gasteiger partial charge in [-0.1, -0.05) is 11.8 Å². The Balaban J connectivity index is 1.48. The molecule has 0 spiro atoms. The van der Waals surface area contributed by atoms with Gasteiger partial charge in [-0.25, -0.2) is 4.98 Å². The molecule has 1 aliphatic carbocycles. The average molecular weight is 461 g/mol. The molecule has 0 radical (unpaired) electrons. The van der Waals surface area contributed by atoms with Crippen molar-refractivity contribution < 1.29 is 9.53 Å². The monoisotopic (exact) mass is 460 g/mol. The number of methoxy groups -OCH3 is 1. The van der Waals surface area contributed by atoms with Crippen molar-refractivity contribution in [2.75, 3.05) is 18.2 Å². The largest absolute Gasteiger partial charge is 0.497 e. The minimum absolute atomic E-state index is 0.0984. The van der Waals surface area contributed by atoms with E-state index in [1.165, 1.54) is 28.0 Å². The summed E-state index contributed by atoms with van der Waals surface area (Å²) in [6.07, 6.45) is 4.06. The Labute approximate surface area is 194 Å². The van der Waals surface area contributed by atoms with E-state index < -0.39 is 0 Å². The summed E-state index contributed by atoms with van der Waals surface area (Å²) in [5.74, 6) is 0.632. The van der Waals surface area contributed by atoms with Crippen molar-refractivity contribution in [1.82, 2.24) is 4.98 Å². The molecule has 1 amide bonds. The number of pyridine rings is 1. The van der Waals surface area contributed by atoms with Crippen molar-refractivity contribution >= 4 is 34.0 Å². The number of carbonyl (C=O) groups excluding carboxylic acids is 1. The third-order valence-corrected chi connectivity index (χ3v) is 7.44. The Morgan fingerprint density at radius 3 is 2.66 bits per heavy atom. The fourth-order valence-electron chi connectivity index (χ4n) is 3.63. The van der Waals surface area contributed by atoms with Gasteiger partial charge in [-0.2, -0.15) is 10.5 Å². The first-order valence-electron chi connectivity index (χ1n) is 10.2. The molecule has 0 aliphatic heterocycles. The Morgan fingerprint density at radius 2 is 1.94 bits per heavy atom. The highest BCUT2D eigenvalue weighted by molar-refractivity contribution is 8.00. The van der Waals surface area contributed by atoms with Gasteiger partial charge in [-0.15, -0.1) is 11.3 Å². The van der Waals surface area contributed by atoms with Gasteiger partial charge in [-0.05, 0) is 67.6 Å². The second-order valence-corrected chi connectivity index (χ2v) is 9.32. The van der Waals surface area contributed by atoms with Crippen LogP contribution in [0.15, 0.2) is 41.4 Å². The fourth-order valence-corrected chi connectivity index (χ4v) is 5.65. The number of nitrogens with zero attached hydrogens (tertiary/aromatic N) is 3. The van der Waals surface area contributed by atoms with Gasteiger partial charge in [-0.3, -0.25) is 4.79 Å². The van der Waals surface area contributed by atoms with Gasteiger partial charge in [0.05, 0.1) is 29.7 Å². The number of thiophene rings is 1. The van der Waals surface area contributed by atoms with Crippen LogP contribution in [-0.2, 0) is 17.6 Å². The molecule has 2 aromatic heterocycles. The van der Waals surface area contributed by atoms with Crippen molar-refractivity contribution in [3.05, 3.63) is 58.0 Å². The van der Waals surface area contributed by atoms with Crippen LogP contribution in [0.4, 0.5) is 5.00 Å². The zero-order chi connectivity index (χ0) is 22.5. The Kier molecular flexibility index (Phi) is 6.75. The normalized spacial score (nSPS) is 12.3. The van der Waals surface area contributed by atoms with Crippen LogP contribution < -0.4 is 10.1 Å². The second-order valence-electron chi connectivity index (χ2n) is 7.25. The zero-order valence-electron chi connectivity index (χ0n) is 17.5. The lowest BCUT2D eigenvalue weighted by Gasteiger charge is -2.09. The maximum Gasteiger partial charge on any atom is 0.235 e. The van der Waals surface area contributed by atoms with Crippen molar-refractivity contribution in [3.63, 3.8) is 0 Å². The topological polar surface area (TPSA) is 98.8 Å². The maximum absolute atomic E-state index is 12.6. The minimum Gasteiger partial charge on any atom is -0.497 e. The summed E-state index contributed by atoms with van der Waals surface area (Å²) < 4.78 is 5.19. The lowest BCUT2D eigenvalue weighted by Crippen LogP contribution is -2.14. The number of hydrogen-bond donors (Lipinski definition) is 1. The van der Waals surface area contributed by atoms with Crippen LogP contribution >= 0.6 is 23.1 Å². The fraction of sp³-hybridized carbons (Fsp3) is 0.250. The van der Waals surface area contributed by atoms with Gasteiger partial charge in [0.15, 0.2) is 0 Å². The first-order valence-corrected chi connectivity index (χ1v) is 12.0. The van der Waals surface area contributed by atoms with Gasteiger partial charge < -0.3 is 10.1 Å². The van der Waals surface area contributed by atoms with E-state index in [-0.39, 0.29) is 11.7 Å². The maximum atomic E-state index is 12.6. The quantitative estimate of drug-likeness (QED) is 0.510. The Bertz CT molecular complexity index is 1240. The van der Waals surface area contributed by atoms with Gasteiger partial charge in [0.2, 0.25) is 5.91 Å². The van der Waals surface area contributed by atoms with Gasteiger partial charge in [0.25, 0.3) is 0 Å². The van der Waals surface area contributed by atoms with E-state index in [1.54, 1.807) is 19.2 Å². The highest BCUT2D eigenvalue weighted by atomic mass is 32.2. The van der Waals surface area contributed by atoms with E-state index >= 15 is 0 Å². The number of benzene rings is 1. The molecule has 0 saturated carbocycles. The first kappa shape index (κ1) is 21.9. The summed E-state index contributed by atoms with van der Waals surface area (Å²) >= 11 is 2.72. The van der Waals surface area contributed by atoms with Crippen LogP contribution in [0.3, 0.4) is 0 Å². The third kappa shape index (κ3) is 4.62. The molecule has 1 N–H and O–H groups in total. The van der Waals surface area contributed by atoms with E-state index in [9.17, 15) is 15.3 Å². The van der Waals surface area contributed by atoms with Crippen molar-refractivity contribution in [2.24, 2.45) is 0 Å². The number of anilines is 1. The molecule has 1 aromatic carbocycles. The van der Waals surface area contributed by atoms with E-state index in [4.69, 9.17) is 4.74 Å². The molecule has 160 valence electrons. The SMILES string of the molecule is COc1ccc(-c2ccc(C#N)c(SCC(=O)Nc3sc4c(c3C#N)CCCC4)n2)cc1. The zero-order valence-corrected chi connectivity index (χ0v) is 19.1. The van der Waals surface area contributed by atoms with Gasteiger partial charge in [0.1, 0.15) is 27.9 Å². The summed E-state index contributed by atoms with van der Waals surface area (Å²) in [7, 11) is 1.61. The van der Waals surface area contributed by atoms with E-state index in [0.717, 1.165) is 42.6 Å². The molecule has 8 heteroatoms. The summed E-state index contributed by atoms with van der Waals surface area (Å²) in [4.78, 5) is 18.4. The number of aromatic nitrogens is 1. The highest BCUT2D eigenvalue weighted by Gasteiger charge is 2.22. The molecule has 32 heavy (non-hydrogen) atoms. The van der Waals surface area contributed by atoms with Crippen LogP contribution in [-0.4, -0.2) is 23.8 Å². The van der Waals surface area contributed by atoms with Crippen molar-refractivity contribution in [2.45, 2.75) is 30.7 Å². The molecule has 4 rings (SSSR count). The summed E-state index contributed by atoms with van der Waals surface area (Å²) in [5.41, 5.74) is 3.72. The van der Waals surface area contributed by atoms with Crippen molar-refractivity contribution in [1.29, 1.82) is 10.5 Å². The number of amides is 1. The minimum atomic E-state index is -0.217. The molecule has 0 saturated heterocycles. The van der Waals surface area contributed by atoms with E-state index in [2.05, 4.69) is 22.4 Å². The molecule has 0 fully saturated rings. The predicted octanol–water partition coefficient (Wildman–Crippen LogP) is 5.17. The predicted molar refractivity (Wildman–Crippen MR) is 126 cm³/mol. The smallest absolute Gasteiger partial charge is 0.235 e. The molecule has 0 bridgehead atoms. The third-order valence-electron chi connectivity index (χ3n) is 5.24. The molecule has 0 unspecified atom stereocenters.